The predicted octanol–water partition coefficient (Wildman–Crippen LogP) is 2.36. The van der Waals surface area contributed by atoms with Gasteiger partial charge in [-0.1, -0.05) is 18.2 Å². The molecule has 174 valence electrons. The molecule has 0 saturated heterocycles. The van der Waals surface area contributed by atoms with Crippen LogP contribution < -0.4 is 11.1 Å². The molecule has 1 atom stereocenters. The van der Waals surface area contributed by atoms with Crippen LogP contribution in [0, 0.1) is 0 Å². The molecule has 1 aromatic heterocycles. The second-order valence-corrected chi connectivity index (χ2v) is 10.4. The highest BCUT2D eigenvalue weighted by molar-refractivity contribution is 7.91. The molecule has 1 heterocycles. The van der Waals surface area contributed by atoms with Crippen molar-refractivity contribution in [2.45, 2.75) is 41.7 Å². The topological polar surface area (TPSA) is 143 Å². The first kappa shape index (κ1) is 24.4. The van der Waals surface area contributed by atoms with E-state index in [1.165, 1.54) is 18.2 Å². The van der Waals surface area contributed by atoms with Gasteiger partial charge in [-0.25, -0.2) is 8.42 Å². The van der Waals surface area contributed by atoms with Crippen molar-refractivity contribution >= 4 is 15.7 Å². The summed E-state index contributed by atoms with van der Waals surface area (Å²) in [5.41, 5.74) is 6.22. The number of hydrogen-bond acceptors (Lipinski definition) is 7. The molecule has 3 rings (SSSR count). The summed E-state index contributed by atoms with van der Waals surface area (Å²) in [5.74, 6) is -1.29. The summed E-state index contributed by atoms with van der Waals surface area (Å²) in [6.45, 7) is 4.33. The minimum Gasteiger partial charge on any atom is -0.507 e. The molecule has 8 nitrogen and oxygen atoms in total. The number of nitrogens with one attached hydrogen (secondary N) is 1. The summed E-state index contributed by atoms with van der Waals surface area (Å²) >= 11 is 0. The van der Waals surface area contributed by atoms with Crippen molar-refractivity contribution < 1.29 is 23.4 Å². The Hall–Kier alpha value is -3.27. The number of β-amino-alcohol motifs (C(OH)–C–C–N with tert-alkyl or cyclic N) is 1. The SMILES string of the molecule is CC(C)(Cc1ccc(S(=O)(=O)c2ccc(O)c(C(N)=O)c2)cc1)NC[C@H](O)c1cccnc1. The number of carbonyl (C=O) groups excluding carboxylic acids is 1. The molecular weight excluding hydrogens is 442 g/mol. The number of benzene rings is 2. The molecule has 0 aliphatic heterocycles. The third-order valence-corrected chi connectivity index (χ3v) is 7.03. The molecule has 5 N–H and O–H groups in total. The van der Waals surface area contributed by atoms with E-state index in [4.69, 9.17) is 5.73 Å². The molecule has 0 radical (unpaired) electrons. The van der Waals surface area contributed by atoms with Crippen molar-refractivity contribution in [3.8, 4) is 5.75 Å². The van der Waals surface area contributed by atoms with Gasteiger partial charge >= 0.3 is 0 Å². The number of carbonyl (C=O) groups is 1. The van der Waals surface area contributed by atoms with E-state index in [1.807, 2.05) is 19.9 Å². The first-order valence-corrected chi connectivity index (χ1v) is 11.8. The van der Waals surface area contributed by atoms with E-state index in [0.717, 1.165) is 23.3 Å². The fourth-order valence-electron chi connectivity index (χ4n) is 3.44. The fraction of sp³-hybridized carbons (Fsp3) is 0.250. The number of nitrogens with two attached hydrogens (primary N) is 1. The molecule has 0 unspecified atom stereocenters. The van der Waals surface area contributed by atoms with E-state index in [9.17, 15) is 23.4 Å². The maximum absolute atomic E-state index is 12.9. The van der Waals surface area contributed by atoms with Crippen LogP contribution in [0.5, 0.6) is 5.75 Å². The quantitative estimate of drug-likeness (QED) is 0.377. The van der Waals surface area contributed by atoms with Crippen molar-refractivity contribution in [1.82, 2.24) is 10.3 Å². The summed E-state index contributed by atoms with van der Waals surface area (Å²) in [6.07, 6.45) is 3.17. The van der Waals surface area contributed by atoms with Crippen LogP contribution >= 0.6 is 0 Å². The Kier molecular flexibility index (Phi) is 7.16. The number of pyridine rings is 1. The Morgan fingerprint density at radius 2 is 1.79 bits per heavy atom. The van der Waals surface area contributed by atoms with Gasteiger partial charge in [0.05, 0.1) is 21.5 Å². The van der Waals surface area contributed by atoms with Crippen LogP contribution in [0.1, 0.15) is 41.4 Å². The van der Waals surface area contributed by atoms with E-state index in [0.29, 0.717) is 13.0 Å². The first-order valence-electron chi connectivity index (χ1n) is 10.3. The highest BCUT2D eigenvalue weighted by Crippen LogP contribution is 2.26. The van der Waals surface area contributed by atoms with E-state index in [-0.39, 0.29) is 26.6 Å². The molecular formula is C24H27N3O5S. The number of aromatic hydroxyl groups is 1. The number of aliphatic hydroxyl groups excluding tert-OH is 1. The lowest BCUT2D eigenvalue weighted by Crippen LogP contribution is -2.43. The number of sulfone groups is 1. The normalized spacial score (nSPS) is 12.9. The highest BCUT2D eigenvalue weighted by atomic mass is 32.2. The molecule has 0 fully saturated rings. The maximum Gasteiger partial charge on any atom is 0.252 e. The predicted molar refractivity (Wildman–Crippen MR) is 124 cm³/mol. The molecule has 0 spiro atoms. The summed E-state index contributed by atoms with van der Waals surface area (Å²) in [6, 6.07) is 13.5. The minimum absolute atomic E-state index is 0.0603. The highest BCUT2D eigenvalue weighted by Gasteiger charge is 2.23. The van der Waals surface area contributed by atoms with Crippen LogP contribution in [0.3, 0.4) is 0 Å². The second kappa shape index (κ2) is 9.70. The summed E-state index contributed by atoms with van der Waals surface area (Å²) < 4.78 is 25.9. The largest absolute Gasteiger partial charge is 0.507 e. The van der Waals surface area contributed by atoms with Gasteiger partial charge in [0.1, 0.15) is 5.75 Å². The molecule has 3 aromatic rings. The lowest BCUT2D eigenvalue weighted by Gasteiger charge is -2.28. The zero-order valence-electron chi connectivity index (χ0n) is 18.4. The first-order chi connectivity index (χ1) is 15.5. The maximum atomic E-state index is 12.9. The molecule has 0 bridgehead atoms. The fourth-order valence-corrected chi connectivity index (χ4v) is 4.73. The number of hydrogen-bond donors (Lipinski definition) is 4. The Morgan fingerprint density at radius 3 is 2.39 bits per heavy atom. The second-order valence-electron chi connectivity index (χ2n) is 8.43. The van der Waals surface area contributed by atoms with Gasteiger partial charge in [0.2, 0.25) is 9.84 Å². The van der Waals surface area contributed by atoms with E-state index >= 15 is 0 Å². The average molecular weight is 470 g/mol. The monoisotopic (exact) mass is 469 g/mol. The Morgan fingerprint density at radius 1 is 1.12 bits per heavy atom. The number of phenols is 1. The van der Waals surface area contributed by atoms with Crippen molar-refractivity contribution in [3.05, 3.63) is 83.7 Å². The van der Waals surface area contributed by atoms with Gasteiger partial charge in [-0.15, -0.1) is 0 Å². The van der Waals surface area contributed by atoms with E-state index in [1.54, 1.807) is 30.6 Å². The zero-order chi connectivity index (χ0) is 24.2. The van der Waals surface area contributed by atoms with Gasteiger partial charge in [0, 0.05) is 30.0 Å². The standard InChI is InChI=1S/C24H27N3O5S/c1-24(2,27-15-22(29)17-4-3-11-26-14-17)13-16-5-7-18(8-6-16)33(31,32)19-9-10-21(28)20(12-19)23(25)30/h3-12,14,22,27-29H,13,15H2,1-2H3,(H2,25,30)/t22-/m0/s1. The Bertz CT molecular complexity index is 1230. The smallest absolute Gasteiger partial charge is 0.252 e. The number of amides is 1. The molecule has 0 aliphatic rings. The molecule has 0 aliphatic carbocycles. The molecule has 0 saturated carbocycles. The van der Waals surface area contributed by atoms with Crippen LogP contribution in [-0.4, -0.2) is 41.6 Å². The summed E-state index contributed by atoms with van der Waals surface area (Å²) in [4.78, 5) is 15.4. The van der Waals surface area contributed by atoms with Gasteiger partial charge < -0.3 is 21.3 Å². The van der Waals surface area contributed by atoms with Crippen molar-refractivity contribution in [1.29, 1.82) is 0 Å². The summed E-state index contributed by atoms with van der Waals surface area (Å²) in [7, 11) is -3.90. The number of aromatic nitrogens is 1. The van der Waals surface area contributed by atoms with E-state index in [2.05, 4.69) is 10.3 Å². The zero-order valence-corrected chi connectivity index (χ0v) is 19.2. The number of primary amides is 1. The Balaban J connectivity index is 1.70. The van der Waals surface area contributed by atoms with Crippen LogP contribution in [0.2, 0.25) is 0 Å². The molecule has 2 aromatic carbocycles. The van der Waals surface area contributed by atoms with Gasteiger partial charge in [-0.2, -0.15) is 0 Å². The molecule has 1 amide bonds. The van der Waals surface area contributed by atoms with Crippen LogP contribution in [-0.2, 0) is 16.3 Å². The van der Waals surface area contributed by atoms with Gasteiger partial charge in [0.25, 0.3) is 5.91 Å². The Labute approximate surface area is 193 Å². The molecule has 33 heavy (non-hydrogen) atoms. The number of nitrogens with zero attached hydrogens (tertiary/aromatic N) is 1. The average Bonchev–Trinajstić information content (AvgIpc) is 2.78. The van der Waals surface area contributed by atoms with Gasteiger partial charge in [-0.05, 0) is 62.2 Å². The number of rotatable bonds is 9. The van der Waals surface area contributed by atoms with Crippen molar-refractivity contribution in [2.75, 3.05) is 6.54 Å². The third kappa shape index (κ3) is 5.95. The van der Waals surface area contributed by atoms with Gasteiger partial charge in [-0.3, -0.25) is 9.78 Å². The number of aliphatic hydroxyl groups is 1. The molecule has 9 heteroatoms. The lowest BCUT2D eigenvalue weighted by atomic mass is 9.94. The van der Waals surface area contributed by atoms with Crippen molar-refractivity contribution in [2.24, 2.45) is 5.73 Å². The summed E-state index contributed by atoms with van der Waals surface area (Å²) in [5, 5.41) is 23.4. The van der Waals surface area contributed by atoms with Crippen LogP contribution in [0.15, 0.2) is 76.8 Å². The van der Waals surface area contributed by atoms with Crippen LogP contribution in [0.4, 0.5) is 0 Å². The minimum atomic E-state index is -3.90. The van der Waals surface area contributed by atoms with Crippen molar-refractivity contribution in [3.63, 3.8) is 0 Å². The third-order valence-electron chi connectivity index (χ3n) is 5.27. The van der Waals surface area contributed by atoms with Gasteiger partial charge in [0.15, 0.2) is 0 Å². The van der Waals surface area contributed by atoms with E-state index < -0.39 is 21.8 Å². The van der Waals surface area contributed by atoms with Crippen LogP contribution in [0.25, 0.3) is 0 Å². The lowest BCUT2D eigenvalue weighted by molar-refractivity contribution is 0.0997.